The molecule has 0 saturated carbocycles. The highest BCUT2D eigenvalue weighted by Crippen LogP contribution is 2.32. The van der Waals surface area contributed by atoms with E-state index in [1.807, 2.05) is 58.3 Å². The van der Waals surface area contributed by atoms with Gasteiger partial charge < -0.3 is 20.4 Å². The van der Waals surface area contributed by atoms with Gasteiger partial charge in [-0.1, -0.05) is 37.1 Å². The normalized spacial score (nSPS) is 18.5. The van der Waals surface area contributed by atoms with Gasteiger partial charge in [-0.05, 0) is 64.8 Å². The van der Waals surface area contributed by atoms with Gasteiger partial charge in [0.2, 0.25) is 0 Å². The van der Waals surface area contributed by atoms with Crippen LogP contribution in [-0.2, 0) is 0 Å². The highest BCUT2D eigenvalue weighted by atomic mass is 16.2. The summed E-state index contributed by atoms with van der Waals surface area (Å²) in [4.78, 5) is 29.9. The lowest BCUT2D eigenvalue weighted by atomic mass is 10.0. The molecule has 2 heterocycles. The van der Waals surface area contributed by atoms with Gasteiger partial charge in [-0.25, -0.2) is 0 Å². The molecule has 0 fully saturated rings. The van der Waals surface area contributed by atoms with Gasteiger partial charge in [0.25, 0.3) is 11.8 Å². The molecular weight excluding hydrogens is 400 g/mol. The molecule has 2 N–H and O–H groups in total. The number of nitrogens with zero attached hydrogens (tertiary/aromatic N) is 2. The smallest absolute Gasteiger partial charge is 0.257 e. The van der Waals surface area contributed by atoms with Gasteiger partial charge in [-0.15, -0.1) is 0 Å². The lowest BCUT2D eigenvalue weighted by Gasteiger charge is -2.44. The van der Waals surface area contributed by atoms with Crippen molar-refractivity contribution < 1.29 is 9.59 Å². The number of anilines is 2. The average molecular weight is 435 g/mol. The third-order valence-electron chi connectivity index (χ3n) is 6.55. The molecule has 0 unspecified atom stereocenters. The average Bonchev–Trinajstić information content (AvgIpc) is 2.73. The molecule has 6 nitrogen and oxygen atoms in total. The van der Waals surface area contributed by atoms with E-state index in [0.29, 0.717) is 0 Å². The number of carbonyl (C=O) groups excluding carboxylic acids is 2. The van der Waals surface area contributed by atoms with Crippen LogP contribution in [0, 0.1) is 0 Å². The Morgan fingerprint density at radius 3 is 1.41 bits per heavy atom. The second-order valence-corrected chi connectivity index (χ2v) is 9.79. The molecule has 2 aliphatic heterocycles. The summed E-state index contributed by atoms with van der Waals surface area (Å²) in [5.74, 6) is 0.185. The van der Waals surface area contributed by atoms with E-state index in [1.54, 1.807) is 0 Å². The molecule has 0 spiro atoms. The van der Waals surface area contributed by atoms with Gasteiger partial charge in [-0.3, -0.25) is 9.59 Å². The highest BCUT2D eigenvalue weighted by Gasteiger charge is 2.38. The predicted molar refractivity (Wildman–Crippen MR) is 129 cm³/mol. The molecule has 6 heteroatoms. The third-order valence-corrected chi connectivity index (χ3v) is 6.55. The van der Waals surface area contributed by atoms with E-state index in [9.17, 15) is 9.59 Å². The van der Waals surface area contributed by atoms with Crippen molar-refractivity contribution in [2.75, 3.05) is 23.7 Å². The first kappa shape index (κ1) is 22.2. The maximum Gasteiger partial charge on any atom is 0.257 e. The Hall–Kier alpha value is -3.02. The van der Waals surface area contributed by atoms with Crippen molar-refractivity contribution in [1.29, 1.82) is 0 Å². The van der Waals surface area contributed by atoms with E-state index in [1.165, 1.54) is 0 Å². The van der Waals surface area contributed by atoms with Crippen LogP contribution in [-0.4, -0.2) is 46.0 Å². The van der Waals surface area contributed by atoms with E-state index >= 15 is 0 Å². The molecule has 2 aromatic rings. The van der Waals surface area contributed by atoms with E-state index in [2.05, 4.69) is 38.3 Å². The Balaban J connectivity index is 1.27. The number of nitrogens with one attached hydrogen (secondary N) is 2. The van der Waals surface area contributed by atoms with Crippen LogP contribution in [0.3, 0.4) is 0 Å². The van der Waals surface area contributed by atoms with Crippen molar-refractivity contribution in [3.63, 3.8) is 0 Å². The van der Waals surface area contributed by atoms with Gasteiger partial charge in [0, 0.05) is 24.5 Å². The Kier molecular flexibility index (Phi) is 5.89. The van der Waals surface area contributed by atoms with Gasteiger partial charge in [-0.2, -0.15) is 0 Å². The summed E-state index contributed by atoms with van der Waals surface area (Å²) >= 11 is 0. The number of fused-ring (bicyclic) bond motifs is 2. The SMILES string of the molecule is CC1(C)Nc2ccccc2C(=O)N1CCCCCCN1C(=O)c2ccccc2NC1(C)C. The van der Waals surface area contributed by atoms with Gasteiger partial charge in [0.05, 0.1) is 11.1 Å². The molecular formula is C26H34N4O2. The predicted octanol–water partition coefficient (Wildman–Crippen LogP) is 5.15. The number of carbonyl (C=O) groups is 2. The molecule has 0 aromatic heterocycles. The second-order valence-electron chi connectivity index (χ2n) is 9.79. The highest BCUT2D eigenvalue weighted by molar-refractivity contribution is 6.02. The van der Waals surface area contributed by atoms with Crippen LogP contribution in [0.5, 0.6) is 0 Å². The Labute approximate surface area is 191 Å². The number of para-hydroxylation sites is 2. The third kappa shape index (κ3) is 4.18. The zero-order chi connectivity index (χ0) is 22.9. The fourth-order valence-corrected chi connectivity index (χ4v) is 4.81. The monoisotopic (exact) mass is 434 g/mol. The fourth-order valence-electron chi connectivity index (χ4n) is 4.81. The summed E-state index contributed by atoms with van der Waals surface area (Å²) in [6.07, 6.45) is 3.93. The molecule has 0 aliphatic carbocycles. The summed E-state index contributed by atoms with van der Waals surface area (Å²) < 4.78 is 0. The zero-order valence-corrected chi connectivity index (χ0v) is 19.6. The van der Waals surface area contributed by atoms with Crippen LogP contribution in [0.15, 0.2) is 48.5 Å². The summed E-state index contributed by atoms with van der Waals surface area (Å²) in [5.41, 5.74) is 2.48. The maximum atomic E-state index is 13.0. The summed E-state index contributed by atoms with van der Waals surface area (Å²) in [6.45, 7) is 9.64. The van der Waals surface area contributed by atoms with Crippen LogP contribution in [0.2, 0.25) is 0 Å². The van der Waals surface area contributed by atoms with Crippen molar-refractivity contribution in [3.8, 4) is 0 Å². The zero-order valence-electron chi connectivity index (χ0n) is 19.6. The second kappa shape index (κ2) is 8.49. The molecule has 4 rings (SSSR count). The molecule has 0 radical (unpaired) electrons. The number of amides is 2. The lowest BCUT2D eigenvalue weighted by Crippen LogP contribution is -2.56. The molecule has 32 heavy (non-hydrogen) atoms. The minimum atomic E-state index is -0.408. The van der Waals surface area contributed by atoms with Crippen LogP contribution in [0.4, 0.5) is 11.4 Å². The Morgan fingerprint density at radius 2 is 1.00 bits per heavy atom. The Morgan fingerprint density at radius 1 is 0.625 bits per heavy atom. The maximum absolute atomic E-state index is 13.0. The summed E-state index contributed by atoms with van der Waals surface area (Å²) in [6, 6.07) is 15.4. The first-order chi connectivity index (χ1) is 15.2. The van der Waals surface area contributed by atoms with Gasteiger partial charge >= 0.3 is 0 Å². The minimum absolute atomic E-state index is 0.0924. The van der Waals surface area contributed by atoms with Crippen molar-refractivity contribution in [2.45, 2.75) is 64.7 Å². The molecule has 2 aromatic carbocycles. The van der Waals surface area contributed by atoms with E-state index in [4.69, 9.17) is 0 Å². The van der Waals surface area contributed by atoms with Gasteiger partial charge in [0.1, 0.15) is 11.3 Å². The Bertz CT molecular complexity index is 933. The van der Waals surface area contributed by atoms with Crippen LogP contribution < -0.4 is 10.6 Å². The van der Waals surface area contributed by atoms with E-state index in [-0.39, 0.29) is 11.8 Å². The molecule has 170 valence electrons. The standard InChI is InChI=1S/C26H34N4O2/c1-25(2)27-21-15-9-7-13-19(21)23(31)29(25)17-11-5-6-12-18-30-24(32)20-14-8-10-16-22(20)28-26(30,3)4/h7-10,13-16,27-28H,5-6,11-12,17-18H2,1-4H3. The topological polar surface area (TPSA) is 64.7 Å². The van der Waals surface area contributed by atoms with Crippen molar-refractivity contribution in [2.24, 2.45) is 0 Å². The molecule has 2 amide bonds. The van der Waals surface area contributed by atoms with Crippen LogP contribution in [0.25, 0.3) is 0 Å². The number of unbranched alkanes of at least 4 members (excludes halogenated alkanes) is 3. The number of benzene rings is 2. The van der Waals surface area contributed by atoms with Gasteiger partial charge in [0.15, 0.2) is 0 Å². The first-order valence-electron chi connectivity index (χ1n) is 11.6. The number of hydrogen-bond donors (Lipinski definition) is 2. The lowest BCUT2D eigenvalue weighted by molar-refractivity contribution is 0.0550. The van der Waals surface area contributed by atoms with E-state index in [0.717, 1.165) is 61.3 Å². The quantitative estimate of drug-likeness (QED) is 0.591. The van der Waals surface area contributed by atoms with Crippen LogP contribution in [0.1, 0.15) is 74.1 Å². The molecule has 0 bridgehead atoms. The summed E-state index contributed by atoms with van der Waals surface area (Å²) in [7, 11) is 0. The van der Waals surface area contributed by atoms with E-state index < -0.39 is 11.3 Å². The van der Waals surface area contributed by atoms with Crippen molar-refractivity contribution >= 4 is 23.2 Å². The molecule has 0 saturated heterocycles. The first-order valence-corrected chi connectivity index (χ1v) is 11.6. The number of rotatable bonds is 7. The number of hydrogen-bond acceptors (Lipinski definition) is 4. The fraction of sp³-hybridized carbons (Fsp3) is 0.462. The van der Waals surface area contributed by atoms with Crippen molar-refractivity contribution in [1.82, 2.24) is 9.80 Å². The van der Waals surface area contributed by atoms with Crippen LogP contribution >= 0.6 is 0 Å². The minimum Gasteiger partial charge on any atom is -0.362 e. The molecule has 0 atom stereocenters. The largest absolute Gasteiger partial charge is 0.362 e. The molecule has 2 aliphatic rings. The van der Waals surface area contributed by atoms with Crippen molar-refractivity contribution in [3.05, 3.63) is 59.7 Å². The summed E-state index contributed by atoms with van der Waals surface area (Å²) in [5, 5.41) is 6.98.